The quantitative estimate of drug-likeness (QED) is 0.494. The summed E-state index contributed by atoms with van der Waals surface area (Å²) >= 11 is 0. The third-order valence-electron chi connectivity index (χ3n) is 3.83. The summed E-state index contributed by atoms with van der Waals surface area (Å²) in [6, 6.07) is 16.5. The van der Waals surface area contributed by atoms with E-state index in [9.17, 15) is 9.59 Å². The molecule has 0 saturated carbocycles. The number of ether oxygens (including phenoxy) is 3. The Balaban J connectivity index is 2.21. The van der Waals surface area contributed by atoms with Crippen LogP contribution in [0.25, 0.3) is 10.9 Å². The van der Waals surface area contributed by atoms with E-state index in [1.807, 2.05) is 36.4 Å². The second-order valence-corrected chi connectivity index (χ2v) is 5.63. The van der Waals surface area contributed by atoms with Gasteiger partial charge >= 0.3 is 12.2 Å². The van der Waals surface area contributed by atoms with Crippen LogP contribution in [-0.2, 0) is 9.47 Å². The molecule has 0 aliphatic carbocycles. The number of benzene rings is 2. The van der Waals surface area contributed by atoms with Gasteiger partial charge in [0.05, 0.1) is 24.3 Å². The molecule has 0 unspecified atom stereocenters. The van der Waals surface area contributed by atoms with Gasteiger partial charge in [-0.2, -0.15) is 0 Å². The van der Waals surface area contributed by atoms with E-state index in [1.54, 1.807) is 32.0 Å². The molecule has 3 aromatic rings. The maximum Gasteiger partial charge on any atom is 0.515 e. The molecule has 2 aromatic carbocycles. The lowest BCUT2D eigenvalue weighted by Gasteiger charge is -2.09. The maximum atomic E-state index is 12.6. The standard InChI is InChI=1S/C22H19NO5/c1-3-26-21(24)23-19-13-9-8-12-17(19)18(20(23)28-22(25)27-4-2)15-14-16-10-6-5-7-11-16/h5-13H,3-4H2,1-2H3. The molecule has 0 aliphatic rings. The van der Waals surface area contributed by atoms with Crippen molar-refractivity contribution in [3.8, 4) is 17.7 Å². The zero-order valence-corrected chi connectivity index (χ0v) is 15.6. The Bertz CT molecular complexity index is 1060. The summed E-state index contributed by atoms with van der Waals surface area (Å²) in [6.07, 6.45) is -1.58. The predicted octanol–water partition coefficient (Wildman–Crippen LogP) is 4.58. The normalized spacial score (nSPS) is 10.1. The highest BCUT2D eigenvalue weighted by Gasteiger charge is 2.25. The van der Waals surface area contributed by atoms with Crippen molar-refractivity contribution in [2.24, 2.45) is 0 Å². The van der Waals surface area contributed by atoms with E-state index >= 15 is 0 Å². The van der Waals surface area contributed by atoms with Crippen LogP contribution < -0.4 is 4.74 Å². The van der Waals surface area contributed by atoms with Crippen molar-refractivity contribution in [3.63, 3.8) is 0 Å². The molecule has 0 N–H and O–H groups in total. The molecule has 0 saturated heterocycles. The first-order valence-electron chi connectivity index (χ1n) is 8.88. The average Bonchev–Trinajstić information content (AvgIpc) is 3.00. The molecule has 0 bridgehead atoms. The lowest BCUT2D eigenvalue weighted by atomic mass is 10.1. The Morgan fingerprint density at radius 3 is 2.29 bits per heavy atom. The van der Waals surface area contributed by atoms with Crippen LogP contribution in [0, 0.1) is 11.8 Å². The van der Waals surface area contributed by atoms with E-state index < -0.39 is 12.2 Å². The molecule has 0 aliphatic heterocycles. The molecule has 0 amide bonds. The third kappa shape index (κ3) is 3.99. The van der Waals surface area contributed by atoms with Gasteiger partial charge < -0.3 is 14.2 Å². The highest BCUT2D eigenvalue weighted by atomic mass is 16.7. The Hall–Kier alpha value is -3.72. The minimum atomic E-state index is -0.918. The van der Waals surface area contributed by atoms with Gasteiger partial charge in [-0.05, 0) is 32.0 Å². The molecule has 3 rings (SSSR count). The van der Waals surface area contributed by atoms with Crippen molar-refractivity contribution in [2.45, 2.75) is 13.8 Å². The van der Waals surface area contributed by atoms with Crippen molar-refractivity contribution in [3.05, 3.63) is 65.7 Å². The molecule has 6 nitrogen and oxygen atoms in total. The number of hydrogen-bond donors (Lipinski definition) is 0. The fourth-order valence-electron chi connectivity index (χ4n) is 2.69. The largest absolute Gasteiger partial charge is 0.515 e. The van der Waals surface area contributed by atoms with Crippen molar-refractivity contribution < 1.29 is 23.8 Å². The van der Waals surface area contributed by atoms with E-state index in [0.29, 0.717) is 16.5 Å². The number of carbonyl (C=O) groups excluding carboxylic acids is 2. The summed E-state index contributed by atoms with van der Waals surface area (Å²) in [7, 11) is 0. The third-order valence-corrected chi connectivity index (χ3v) is 3.83. The molecule has 0 spiro atoms. The number of rotatable bonds is 3. The van der Waals surface area contributed by atoms with Crippen LogP contribution in [0.15, 0.2) is 54.6 Å². The summed E-state index contributed by atoms with van der Waals surface area (Å²) in [6.45, 7) is 3.68. The molecular weight excluding hydrogens is 358 g/mol. The second-order valence-electron chi connectivity index (χ2n) is 5.63. The number of carbonyl (C=O) groups is 2. The van der Waals surface area contributed by atoms with Crippen molar-refractivity contribution in [1.29, 1.82) is 0 Å². The van der Waals surface area contributed by atoms with Gasteiger partial charge in [-0.15, -0.1) is 0 Å². The topological polar surface area (TPSA) is 66.8 Å². The van der Waals surface area contributed by atoms with Crippen LogP contribution in [0.2, 0.25) is 0 Å². The number of fused-ring (bicyclic) bond motifs is 1. The van der Waals surface area contributed by atoms with Crippen LogP contribution in [0.3, 0.4) is 0 Å². The fourth-order valence-corrected chi connectivity index (χ4v) is 2.69. The molecular formula is C22H19NO5. The van der Waals surface area contributed by atoms with Crippen LogP contribution in [0.5, 0.6) is 5.88 Å². The van der Waals surface area contributed by atoms with Gasteiger partial charge in [0.1, 0.15) is 0 Å². The van der Waals surface area contributed by atoms with E-state index in [0.717, 1.165) is 5.56 Å². The smallest absolute Gasteiger partial charge is 0.449 e. The Morgan fingerprint density at radius 1 is 0.893 bits per heavy atom. The fraction of sp³-hybridized carbons (Fsp3) is 0.182. The molecule has 28 heavy (non-hydrogen) atoms. The van der Waals surface area contributed by atoms with Gasteiger partial charge in [-0.1, -0.05) is 48.2 Å². The van der Waals surface area contributed by atoms with E-state index in [1.165, 1.54) is 4.57 Å². The van der Waals surface area contributed by atoms with Gasteiger partial charge in [0, 0.05) is 10.9 Å². The molecule has 0 fully saturated rings. The van der Waals surface area contributed by atoms with Gasteiger partial charge in [0.25, 0.3) is 0 Å². The second kappa shape index (κ2) is 8.78. The summed E-state index contributed by atoms with van der Waals surface area (Å²) < 4.78 is 16.6. The molecule has 1 heterocycles. The number of aromatic nitrogens is 1. The first-order valence-corrected chi connectivity index (χ1v) is 8.88. The minimum Gasteiger partial charge on any atom is -0.449 e. The SMILES string of the molecule is CCOC(=O)Oc1c(C#Cc2ccccc2)c2ccccc2n1C(=O)OCC. The highest BCUT2D eigenvalue weighted by molar-refractivity contribution is 5.97. The Morgan fingerprint density at radius 2 is 1.57 bits per heavy atom. The highest BCUT2D eigenvalue weighted by Crippen LogP contribution is 2.32. The molecule has 1 aromatic heterocycles. The number of para-hydroxylation sites is 1. The number of hydrogen-bond acceptors (Lipinski definition) is 5. The Labute approximate surface area is 162 Å². The van der Waals surface area contributed by atoms with Gasteiger partial charge in [-0.3, -0.25) is 0 Å². The monoisotopic (exact) mass is 377 g/mol. The van der Waals surface area contributed by atoms with E-state index in [-0.39, 0.29) is 19.1 Å². The van der Waals surface area contributed by atoms with Crippen LogP contribution in [0.4, 0.5) is 9.59 Å². The molecule has 142 valence electrons. The van der Waals surface area contributed by atoms with Gasteiger partial charge in [0.2, 0.25) is 5.88 Å². The van der Waals surface area contributed by atoms with E-state index in [4.69, 9.17) is 14.2 Å². The van der Waals surface area contributed by atoms with Crippen LogP contribution in [-0.4, -0.2) is 30.0 Å². The summed E-state index contributed by atoms with van der Waals surface area (Å²) in [5, 5.41) is 0.665. The maximum absolute atomic E-state index is 12.6. The average molecular weight is 377 g/mol. The summed E-state index contributed by atoms with van der Waals surface area (Å²) in [4.78, 5) is 24.6. The Kier molecular flexibility index (Phi) is 5.97. The lowest BCUT2D eigenvalue weighted by Crippen LogP contribution is -2.19. The summed E-state index contributed by atoms with van der Waals surface area (Å²) in [5.74, 6) is 6.04. The first-order chi connectivity index (χ1) is 13.7. The van der Waals surface area contributed by atoms with Crippen molar-refractivity contribution in [2.75, 3.05) is 13.2 Å². The van der Waals surface area contributed by atoms with Crippen molar-refractivity contribution >= 4 is 23.2 Å². The van der Waals surface area contributed by atoms with Gasteiger partial charge in [0.15, 0.2) is 0 Å². The zero-order chi connectivity index (χ0) is 19.9. The van der Waals surface area contributed by atoms with Crippen LogP contribution >= 0.6 is 0 Å². The predicted molar refractivity (Wildman–Crippen MR) is 104 cm³/mol. The lowest BCUT2D eigenvalue weighted by molar-refractivity contribution is 0.100. The number of nitrogens with zero attached hydrogens (tertiary/aromatic N) is 1. The minimum absolute atomic E-state index is 0.0264. The van der Waals surface area contributed by atoms with E-state index in [2.05, 4.69) is 11.8 Å². The first kappa shape index (κ1) is 19.1. The molecule has 6 heteroatoms. The van der Waals surface area contributed by atoms with Gasteiger partial charge in [-0.25, -0.2) is 14.2 Å². The van der Waals surface area contributed by atoms with Crippen LogP contribution in [0.1, 0.15) is 25.0 Å². The molecule has 0 radical (unpaired) electrons. The summed E-state index contributed by atoms with van der Waals surface area (Å²) in [5.41, 5.74) is 1.72. The van der Waals surface area contributed by atoms with Crippen molar-refractivity contribution in [1.82, 2.24) is 4.57 Å². The zero-order valence-electron chi connectivity index (χ0n) is 15.6. The molecule has 0 atom stereocenters.